The van der Waals surface area contributed by atoms with E-state index in [4.69, 9.17) is 24.9 Å². The molecule has 1 amide bonds. The first-order valence-electron chi connectivity index (χ1n) is 20.0. The molecule has 10 rings (SSSR count). The highest BCUT2D eigenvalue weighted by Gasteiger charge is 2.66. The maximum atomic E-state index is 14.0. The number of hydrogen-bond acceptors (Lipinski definition) is 10. The monoisotopic (exact) mass is 759 g/mol. The van der Waals surface area contributed by atoms with Crippen LogP contribution in [0.3, 0.4) is 0 Å². The first-order valence-corrected chi connectivity index (χ1v) is 20.9. The second kappa shape index (κ2) is 13.1. The summed E-state index contributed by atoms with van der Waals surface area (Å²) >= 11 is 1.60. The Kier molecular flexibility index (Phi) is 8.62. The molecule has 2 unspecified atom stereocenters. The Labute approximate surface area is 327 Å². The van der Waals surface area contributed by atoms with Crippen LogP contribution in [0, 0.1) is 30.1 Å². The normalized spacial score (nSPS) is 26.9. The molecule has 0 radical (unpaired) electrons. The number of carbonyl (C=O) groups is 1. The van der Waals surface area contributed by atoms with E-state index < -0.39 is 0 Å². The van der Waals surface area contributed by atoms with Crippen molar-refractivity contribution in [3.63, 3.8) is 0 Å². The van der Waals surface area contributed by atoms with Crippen molar-refractivity contribution in [3.8, 4) is 11.1 Å². The van der Waals surface area contributed by atoms with Gasteiger partial charge in [-0.15, -0.1) is 10.2 Å². The molecule has 4 saturated carbocycles. The van der Waals surface area contributed by atoms with Crippen molar-refractivity contribution in [1.82, 2.24) is 35.3 Å². The molecule has 288 valence electrons. The number of nitrogens with zero attached hydrogens (tertiary/aromatic N) is 7. The van der Waals surface area contributed by atoms with Crippen LogP contribution in [0.15, 0.2) is 42.6 Å². The molecule has 55 heavy (non-hydrogen) atoms. The van der Waals surface area contributed by atoms with E-state index in [0.29, 0.717) is 17.3 Å². The summed E-state index contributed by atoms with van der Waals surface area (Å²) in [6.45, 7) is 17.7. The molecule has 5 aromatic rings. The molecule has 2 N–H and O–H groups in total. The van der Waals surface area contributed by atoms with Gasteiger partial charge in [-0.05, 0) is 126 Å². The van der Waals surface area contributed by atoms with Gasteiger partial charge in [0.1, 0.15) is 11.5 Å². The van der Waals surface area contributed by atoms with Crippen LogP contribution in [0.25, 0.3) is 21.3 Å². The summed E-state index contributed by atoms with van der Waals surface area (Å²) in [4.78, 5) is 25.9. The zero-order valence-electron chi connectivity index (χ0n) is 33.3. The second-order valence-corrected chi connectivity index (χ2v) is 19.2. The highest BCUT2D eigenvalue weighted by molar-refractivity contribution is 7.22. The van der Waals surface area contributed by atoms with E-state index in [-0.39, 0.29) is 33.8 Å². The van der Waals surface area contributed by atoms with Crippen LogP contribution in [0.1, 0.15) is 107 Å². The summed E-state index contributed by atoms with van der Waals surface area (Å²) in [5.74, 6) is 1.97. The Balaban J connectivity index is 1.03. The molecule has 4 bridgehead atoms. The number of carbonyl (C=O) groups excluding carboxylic acids is 1. The lowest BCUT2D eigenvalue weighted by molar-refractivity contribution is -0.246. The first kappa shape index (κ1) is 36.2. The molecule has 1 aromatic carbocycles. The summed E-state index contributed by atoms with van der Waals surface area (Å²) in [6.07, 6.45) is 10.8. The van der Waals surface area contributed by atoms with Crippen molar-refractivity contribution in [2.24, 2.45) is 16.2 Å². The van der Waals surface area contributed by atoms with Crippen LogP contribution in [-0.2, 0) is 17.7 Å². The minimum Gasteiger partial charge on any atom is -0.375 e. The van der Waals surface area contributed by atoms with E-state index in [1.165, 1.54) is 19.3 Å². The van der Waals surface area contributed by atoms with Gasteiger partial charge in [0.2, 0.25) is 0 Å². The fraction of sp³-hybridized carbons (Fsp3) is 0.535. The van der Waals surface area contributed by atoms with Crippen molar-refractivity contribution in [2.45, 2.75) is 118 Å². The molecule has 1 aliphatic heterocycles. The molecule has 2 atom stereocenters. The van der Waals surface area contributed by atoms with E-state index in [1.807, 2.05) is 50.4 Å². The number of thiazole rings is 1. The van der Waals surface area contributed by atoms with Crippen molar-refractivity contribution in [2.75, 3.05) is 23.4 Å². The van der Waals surface area contributed by atoms with Crippen LogP contribution >= 0.6 is 11.3 Å². The third-order valence-corrected chi connectivity index (χ3v) is 13.6. The highest BCUT2D eigenvalue weighted by Crippen LogP contribution is 2.72. The fourth-order valence-electron chi connectivity index (χ4n) is 11.9. The topological polar surface area (TPSA) is 123 Å². The highest BCUT2D eigenvalue weighted by atomic mass is 32.1. The summed E-state index contributed by atoms with van der Waals surface area (Å²) < 4.78 is 9.97. The van der Waals surface area contributed by atoms with Gasteiger partial charge in [-0.1, -0.05) is 37.3 Å². The van der Waals surface area contributed by atoms with Crippen LogP contribution in [-0.4, -0.2) is 60.6 Å². The predicted molar refractivity (Wildman–Crippen MR) is 219 cm³/mol. The van der Waals surface area contributed by atoms with Gasteiger partial charge < -0.3 is 20.3 Å². The third-order valence-electron chi connectivity index (χ3n) is 12.7. The number of amides is 1. The number of ether oxygens (including phenoxy) is 1. The van der Waals surface area contributed by atoms with E-state index in [9.17, 15) is 4.79 Å². The molecule has 0 spiro atoms. The van der Waals surface area contributed by atoms with Crippen LogP contribution in [0.2, 0.25) is 0 Å². The van der Waals surface area contributed by atoms with E-state index in [1.54, 1.807) is 11.3 Å². The Morgan fingerprint density at radius 2 is 1.75 bits per heavy atom. The van der Waals surface area contributed by atoms with Gasteiger partial charge in [0, 0.05) is 53.7 Å². The van der Waals surface area contributed by atoms with Gasteiger partial charge in [-0.3, -0.25) is 9.48 Å². The van der Waals surface area contributed by atoms with Gasteiger partial charge in [-0.25, -0.2) is 9.97 Å². The Hall–Kier alpha value is -4.42. The van der Waals surface area contributed by atoms with Gasteiger partial charge >= 0.3 is 0 Å². The summed E-state index contributed by atoms with van der Waals surface area (Å²) in [7, 11) is 0. The van der Waals surface area contributed by atoms with Crippen LogP contribution < -0.4 is 15.5 Å². The molecule has 0 saturated heterocycles. The van der Waals surface area contributed by atoms with Crippen molar-refractivity contribution in [3.05, 3.63) is 65.1 Å². The average Bonchev–Trinajstić information content (AvgIpc) is 3.69. The minimum absolute atomic E-state index is 0.0385. The van der Waals surface area contributed by atoms with Crippen molar-refractivity contribution in [1.29, 1.82) is 0 Å². The fourth-order valence-corrected chi connectivity index (χ4v) is 12.8. The summed E-state index contributed by atoms with van der Waals surface area (Å²) in [5, 5.41) is 21.8. The standard InChI is InChI=1S/C43H53N9O2S/c1-8-54-43-22-40(6)19-41(7,23-43)21-42(20-40,24-43)25-52-28(5)31(18-44-52)30-15-16-34(47-35(30)38(53)45-26(2)3)51-17-11-12-29-27(4)36(49-50-37(29)51)48-39-46-32-13-9-10-14-33(32)55-39/h9-10,13-16,18,26H,8,11-12,17,19-25H2,1-7H3,(H,45,53)(H,46,48,49). The lowest BCUT2D eigenvalue weighted by Gasteiger charge is -2.69. The van der Waals surface area contributed by atoms with Gasteiger partial charge in [0.15, 0.2) is 16.8 Å². The number of nitrogens with one attached hydrogen (secondary N) is 2. The van der Waals surface area contributed by atoms with Gasteiger partial charge in [0.25, 0.3) is 5.91 Å². The van der Waals surface area contributed by atoms with Crippen LogP contribution in [0.4, 0.5) is 22.6 Å². The molecule has 4 fully saturated rings. The SMILES string of the molecule is CCOC12CC3(C)CC(C)(CC(Cn4ncc(-c5ccc(N6CCCc7c6nnc(Nc6nc8ccccc8s6)c7C)nc5C(=O)NC(C)C)c4C)(C3)C1)C2. The zero-order valence-corrected chi connectivity index (χ0v) is 34.1. The largest absolute Gasteiger partial charge is 0.375 e. The van der Waals surface area contributed by atoms with E-state index >= 15 is 0 Å². The maximum Gasteiger partial charge on any atom is 0.270 e. The predicted octanol–water partition coefficient (Wildman–Crippen LogP) is 9.08. The van der Waals surface area contributed by atoms with Crippen molar-refractivity contribution >= 4 is 50.0 Å². The van der Waals surface area contributed by atoms with Crippen LogP contribution in [0.5, 0.6) is 0 Å². The lowest BCUT2D eigenvalue weighted by atomic mass is 9.39. The number of rotatable bonds is 10. The van der Waals surface area contributed by atoms with Gasteiger partial charge in [0.05, 0.1) is 22.0 Å². The molecule has 4 aromatic heterocycles. The Morgan fingerprint density at radius 1 is 0.964 bits per heavy atom. The summed E-state index contributed by atoms with van der Waals surface area (Å²) in [5.41, 5.74) is 6.97. The number of pyridine rings is 1. The quantitative estimate of drug-likeness (QED) is 0.144. The number of benzene rings is 1. The minimum atomic E-state index is -0.200. The smallest absolute Gasteiger partial charge is 0.270 e. The average molecular weight is 760 g/mol. The molecule has 4 aliphatic carbocycles. The van der Waals surface area contributed by atoms with E-state index in [0.717, 1.165) is 101 Å². The third kappa shape index (κ3) is 6.39. The van der Waals surface area contributed by atoms with E-state index in [2.05, 4.69) is 66.0 Å². The Morgan fingerprint density at radius 3 is 2.49 bits per heavy atom. The van der Waals surface area contributed by atoms with Gasteiger partial charge in [-0.2, -0.15) is 5.10 Å². The van der Waals surface area contributed by atoms with Crippen molar-refractivity contribution < 1.29 is 9.53 Å². The molecular weight excluding hydrogens is 707 g/mol. The number of hydrogen-bond donors (Lipinski definition) is 2. The lowest BCUT2D eigenvalue weighted by Crippen LogP contribution is -2.64. The second-order valence-electron chi connectivity index (χ2n) is 18.1. The first-order chi connectivity index (χ1) is 26.3. The number of para-hydroxylation sites is 1. The molecule has 11 nitrogen and oxygen atoms in total. The number of aromatic nitrogens is 6. The maximum absolute atomic E-state index is 14.0. The number of anilines is 4. The molecule has 12 heteroatoms. The summed E-state index contributed by atoms with van der Waals surface area (Å²) in [6, 6.07) is 12.1. The Bertz CT molecular complexity index is 2260. The molecule has 5 heterocycles. The number of fused-ring (bicyclic) bond motifs is 2. The molecular formula is C43H53N9O2S. The zero-order chi connectivity index (χ0) is 38.3. The molecule has 5 aliphatic rings.